The molecule has 1 amide bonds. The van der Waals surface area contributed by atoms with Crippen molar-refractivity contribution < 1.29 is 24.2 Å². The Hall–Kier alpha value is -3.76. The number of amides is 1. The Kier molecular flexibility index (Phi) is 6.19. The highest BCUT2D eigenvalue weighted by Crippen LogP contribution is 2.65. The first-order valence-corrected chi connectivity index (χ1v) is 13.7. The number of benzene rings is 2. The van der Waals surface area contributed by atoms with Gasteiger partial charge in [-0.15, -0.1) is 6.58 Å². The fourth-order valence-corrected chi connectivity index (χ4v) is 7.76. The Morgan fingerprint density at radius 1 is 1.33 bits per heavy atom. The van der Waals surface area contributed by atoms with Crippen molar-refractivity contribution in [3.05, 3.63) is 65.2 Å². The first-order valence-electron chi connectivity index (χ1n) is 13.7. The number of likely N-dealkylation sites (N-methyl/N-ethyl adjacent to an activating group) is 1. The SMILES string of the molecule is C=CCN1CC[C@]23c4c5c(O)cc(OC(C)=O)c4O[C@H]2[C@@H](N(C)C(=O)C#Cc2cccc(C)c2)CC[C@H]3[C@H]1C5. The number of aryl methyl sites for hydroxylation is 1. The van der Waals surface area contributed by atoms with Crippen LogP contribution < -0.4 is 9.47 Å². The first kappa shape index (κ1) is 25.5. The van der Waals surface area contributed by atoms with Crippen LogP contribution in [0.5, 0.6) is 17.2 Å². The molecule has 2 aromatic rings. The van der Waals surface area contributed by atoms with Crippen LogP contribution >= 0.6 is 0 Å². The fraction of sp³-hybridized carbons (Fsp3) is 0.438. The summed E-state index contributed by atoms with van der Waals surface area (Å²) in [4.78, 5) is 29.5. The number of hydrogen-bond donors (Lipinski definition) is 1. The number of phenolic OH excluding ortho intramolecular Hbond substituents is 1. The maximum Gasteiger partial charge on any atom is 0.308 e. The van der Waals surface area contributed by atoms with E-state index >= 15 is 0 Å². The molecule has 2 fully saturated rings. The van der Waals surface area contributed by atoms with Crippen LogP contribution in [-0.4, -0.2) is 65.1 Å². The average molecular weight is 527 g/mol. The minimum atomic E-state index is -0.470. The van der Waals surface area contributed by atoms with Crippen molar-refractivity contribution in [1.82, 2.24) is 9.80 Å². The lowest BCUT2D eigenvalue weighted by Crippen LogP contribution is -2.68. The summed E-state index contributed by atoms with van der Waals surface area (Å²) >= 11 is 0. The van der Waals surface area contributed by atoms with Crippen molar-refractivity contribution in [2.75, 3.05) is 20.1 Å². The standard InChI is InChI=1S/C32H34N2O5/c1-5-14-34-15-13-32-23-10-11-24(33(4)28(37)12-9-21-8-6-7-19(2)16-21)31(32)39-30-27(38-20(3)35)18-26(36)22(29(30)32)17-25(23)34/h5-8,16,18,23-25,31,36H,1,10-11,13-15,17H2,2-4H3/t23-,24-,25+,31-,32-/m0/s1. The molecule has 1 N–H and O–H groups in total. The molecule has 1 spiro atoms. The third kappa shape index (κ3) is 3.92. The zero-order valence-electron chi connectivity index (χ0n) is 22.7. The molecular formula is C32H34N2O5. The van der Waals surface area contributed by atoms with Crippen LogP contribution in [0.4, 0.5) is 0 Å². The molecule has 0 aromatic heterocycles. The predicted octanol–water partition coefficient (Wildman–Crippen LogP) is 3.73. The van der Waals surface area contributed by atoms with E-state index in [4.69, 9.17) is 9.47 Å². The third-order valence-corrected chi connectivity index (χ3v) is 9.26. The number of carbonyl (C=O) groups excluding carboxylic acids is 2. The molecule has 2 aliphatic heterocycles. The second kappa shape index (κ2) is 9.46. The minimum Gasteiger partial charge on any atom is -0.508 e. The quantitative estimate of drug-likeness (QED) is 0.283. The number of nitrogens with zero attached hydrogens (tertiary/aromatic N) is 2. The fourth-order valence-electron chi connectivity index (χ4n) is 7.76. The molecule has 7 heteroatoms. The highest BCUT2D eigenvalue weighted by molar-refractivity contribution is 5.94. The van der Waals surface area contributed by atoms with Gasteiger partial charge < -0.3 is 19.5 Å². The smallest absolute Gasteiger partial charge is 0.308 e. The Morgan fingerprint density at radius 3 is 2.90 bits per heavy atom. The Balaban J connectivity index is 1.41. The van der Waals surface area contributed by atoms with E-state index < -0.39 is 5.97 Å². The number of hydrogen-bond acceptors (Lipinski definition) is 6. The molecule has 2 aromatic carbocycles. The van der Waals surface area contributed by atoms with Gasteiger partial charge in [0.15, 0.2) is 11.5 Å². The monoisotopic (exact) mass is 526 g/mol. The topological polar surface area (TPSA) is 79.3 Å². The van der Waals surface area contributed by atoms with Crippen LogP contribution in [0.1, 0.15) is 48.4 Å². The Bertz CT molecular complexity index is 1440. The van der Waals surface area contributed by atoms with Gasteiger partial charge >= 0.3 is 5.97 Å². The molecule has 39 heavy (non-hydrogen) atoms. The van der Waals surface area contributed by atoms with E-state index in [2.05, 4.69) is 23.3 Å². The zero-order valence-corrected chi connectivity index (χ0v) is 22.7. The average Bonchev–Trinajstić information content (AvgIpc) is 3.24. The second-order valence-electron chi connectivity index (χ2n) is 11.3. The summed E-state index contributed by atoms with van der Waals surface area (Å²) in [5.41, 5.74) is 3.35. The predicted molar refractivity (Wildman–Crippen MR) is 147 cm³/mol. The molecule has 2 aliphatic carbocycles. The Morgan fingerprint density at radius 2 is 2.15 bits per heavy atom. The van der Waals surface area contributed by atoms with Gasteiger partial charge in [0.05, 0.1) is 6.04 Å². The maximum absolute atomic E-state index is 13.4. The first-order chi connectivity index (χ1) is 18.7. The van der Waals surface area contributed by atoms with E-state index in [0.717, 1.165) is 54.6 Å². The van der Waals surface area contributed by atoms with Gasteiger partial charge in [-0.3, -0.25) is 14.5 Å². The molecule has 2 heterocycles. The summed E-state index contributed by atoms with van der Waals surface area (Å²) < 4.78 is 12.3. The number of phenols is 1. The number of piperidine rings is 1. The van der Waals surface area contributed by atoms with E-state index in [1.807, 2.05) is 37.3 Å². The normalized spacial score (nSPS) is 27.9. The lowest BCUT2D eigenvalue weighted by Gasteiger charge is -2.60. The van der Waals surface area contributed by atoms with Crippen LogP contribution in [0.2, 0.25) is 0 Å². The van der Waals surface area contributed by atoms with Crippen molar-refractivity contribution in [3.63, 3.8) is 0 Å². The van der Waals surface area contributed by atoms with Crippen molar-refractivity contribution in [1.29, 1.82) is 0 Å². The molecule has 1 saturated carbocycles. The zero-order chi connectivity index (χ0) is 27.5. The number of carbonyl (C=O) groups is 2. The summed E-state index contributed by atoms with van der Waals surface area (Å²) in [6, 6.07) is 9.33. The summed E-state index contributed by atoms with van der Waals surface area (Å²) in [6.45, 7) is 8.96. The van der Waals surface area contributed by atoms with Gasteiger partial charge in [0.25, 0.3) is 5.91 Å². The van der Waals surface area contributed by atoms with Crippen molar-refractivity contribution in [3.8, 4) is 29.1 Å². The van der Waals surface area contributed by atoms with Crippen molar-refractivity contribution in [2.45, 2.75) is 63.1 Å². The van der Waals surface area contributed by atoms with Crippen LogP contribution in [0, 0.1) is 24.7 Å². The molecule has 0 radical (unpaired) electrons. The van der Waals surface area contributed by atoms with Gasteiger partial charge in [-0.25, -0.2) is 0 Å². The van der Waals surface area contributed by atoms with Gasteiger partial charge in [-0.1, -0.05) is 24.1 Å². The summed E-state index contributed by atoms with van der Waals surface area (Å²) in [5, 5.41) is 11.1. The molecular weight excluding hydrogens is 492 g/mol. The number of rotatable bonds is 4. The molecule has 7 nitrogen and oxygen atoms in total. The van der Waals surface area contributed by atoms with Gasteiger partial charge in [-0.2, -0.15) is 0 Å². The minimum absolute atomic E-state index is 0.133. The highest BCUT2D eigenvalue weighted by Gasteiger charge is 2.67. The molecule has 202 valence electrons. The number of likely N-dealkylation sites (tertiary alicyclic amines) is 1. The van der Waals surface area contributed by atoms with Crippen LogP contribution in [-0.2, 0) is 21.4 Å². The summed E-state index contributed by atoms with van der Waals surface area (Å²) in [7, 11) is 1.81. The molecule has 4 aliphatic rings. The van der Waals surface area contributed by atoms with E-state index in [-0.39, 0.29) is 46.9 Å². The highest BCUT2D eigenvalue weighted by atomic mass is 16.6. The van der Waals surface area contributed by atoms with E-state index in [1.165, 1.54) is 13.0 Å². The maximum atomic E-state index is 13.4. The molecule has 0 unspecified atom stereocenters. The third-order valence-electron chi connectivity index (χ3n) is 9.26. The second-order valence-corrected chi connectivity index (χ2v) is 11.3. The van der Waals surface area contributed by atoms with E-state index in [9.17, 15) is 14.7 Å². The Labute approximate surface area is 229 Å². The van der Waals surface area contributed by atoms with Gasteiger partial charge in [0.1, 0.15) is 11.9 Å². The van der Waals surface area contributed by atoms with Crippen molar-refractivity contribution in [2.24, 2.45) is 5.92 Å². The summed E-state index contributed by atoms with van der Waals surface area (Å²) in [5.74, 6) is 6.35. The van der Waals surface area contributed by atoms with E-state index in [1.54, 1.807) is 11.9 Å². The van der Waals surface area contributed by atoms with Gasteiger partial charge in [-0.05, 0) is 62.8 Å². The number of ether oxygens (including phenoxy) is 2. The molecule has 2 bridgehead atoms. The van der Waals surface area contributed by atoms with Crippen LogP contribution in [0.15, 0.2) is 43.0 Å². The van der Waals surface area contributed by atoms with Gasteiger partial charge in [0.2, 0.25) is 0 Å². The number of aromatic hydroxyl groups is 1. The number of esters is 1. The molecule has 1 saturated heterocycles. The largest absolute Gasteiger partial charge is 0.508 e. The van der Waals surface area contributed by atoms with Crippen LogP contribution in [0.25, 0.3) is 0 Å². The molecule has 6 rings (SSSR count). The lowest BCUT2D eigenvalue weighted by molar-refractivity contribution is -0.134. The summed E-state index contributed by atoms with van der Waals surface area (Å²) in [6.07, 6.45) is 4.83. The van der Waals surface area contributed by atoms with Crippen LogP contribution in [0.3, 0.4) is 0 Å². The van der Waals surface area contributed by atoms with E-state index in [0.29, 0.717) is 12.2 Å². The van der Waals surface area contributed by atoms with Crippen molar-refractivity contribution >= 4 is 11.9 Å². The van der Waals surface area contributed by atoms with Gasteiger partial charge in [0, 0.05) is 60.7 Å². The lowest BCUT2D eigenvalue weighted by atomic mass is 9.51. The molecule has 5 atom stereocenters.